The minimum absolute atomic E-state index is 0.126. The molecule has 7 nitrogen and oxygen atoms in total. The lowest BCUT2D eigenvalue weighted by molar-refractivity contribution is 0.0922. The third kappa shape index (κ3) is 4.59. The lowest BCUT2D eigenvalue weighted by atomic mass is 9.95. The van der Waals surface area contributed by atoms with Crippen molar-refractivity contribution in [2.45, 2.75) is 38.1 Å². The molecule has 2 aliphatic rings. The normalized spacial score (nSPS) is 17.9. The minimum Gasteiger partial charge on any atom is -0.378 e. The molecule has 0 bridgehead atoms. The Labute approximate surface area is 165 Å². The van der Waals surface area contributed by atoms with Crippen molar-refractivity contribution >= 4 is 23.1 Å². The van der Waals surface area contributed by atoms with Crippen molar-refractivity contribution in [3.8, 4) is 0 Å². The first-order valence-electron chi connectivity index (χ1n) is 10.1. The van der Waals surface area contributed by atoms with Gasteiger partial charge in [0.2, 0.25) is 0 Å². The molecule has 148 valence electrons. The van der Waals surface area contributed by atoms with Crippen LogP contribution in [0.4, 0.5) is 17.2 Å². The number of nitrogens with zero attached hydrogens (tertiary/aromatic N) is 3. The van der Waals surface area contributed by atoms with Crippen LogP contribution in [-0.4, -0.2) is 48.2 Å². The van der Waals surface area contributed by atoms with E-state index in [4.69, 9.17) is 4.74 Å². The summed E-state index contributed by atoms with van der Waals surface area (Å²) in [5, 5.41) is 6.47. The quantitative estimate of drug-likeness (QED) is 0.828. The van der Waals surface area contributed by atoms with Gasteiger partial charge in [0.25, 0.3) is 5.91 Å². The van der Waals surface area contributed by atoms with Crippen LogP contribution in [0.25, 0.3) is 0 Å². The topological polar surface area (TPSA) is 79.4 Å². The third-order valence-corrected chi connectivity index (χ3v) is 5.36. The Morgan fingerprint density at radius 1 is 1.07 bits per heavy atom. The molecule has 2 fully saturated rings. The first-order chi connectivity index (χ1) is 13.8. The van der Waals surface area contributed by atoms with Crippen molar-refractivity contribution in [1.29, 1.82) is 0 Å². The maximum absolute atomic E-state index is 12.6. The van der Waals surface area contributed by atoms with Crippen LogP contribution in [0.5, 0.6) is 0 Å². The van der Waals surface area contributed by atoms with Gasteiger partial charge in [0.15, 0.2) is 0 Å². The number of hydrogen-bond acceptors (Lipinski definition) is 6. The largest absolute Gasteiger partial charge is 0.378 e. The summed E-state index contributed by atoms with van der Waals surface area (Å²) in [6.45, 7) is 3.18. The first-order valence-corrected chi connectivity index (χ1v) is 10.1. The number of nitrogens with one attached hydrogen (secondary N) is 2. The number of carbonyl (C=O) groups excluding carboxylic acids is 1. The number of benzene rings is 1. The molecular formula is C21H27N5O2. The van der Waals surface area contributed by atoms with Crippen LogP contribution >= 0.6 is 0 Å². The SMILES string of the molecule is O=C(NC1CCCCC1)c1cc(Nc2ccccc2N2CCOCC2)ncn1. The Balaban J connectivity index is 1.47. The van der Waals surface area contributed by atoms with Crippen LogP contribution < -0.4 is 15.5 Å². The van der Waals surface area contributed by atoms with Gasteiger partial charge in [-0.2, -0.15) is 0 Å². The summed E-state index contributed by atoms with van der Waals surface area (Å²) in [5.74, 6) is 0.489. The molecule has 1 aromatic carbocycles. The summed E-state index contributed by atoms with van der Waals surface area (Å²) >= 11 is 0. The van der Waals surface area contributed by atoms with Gasteiger partial charge in [-0.15, -0.1) is 0 Å². The molecule has 2 heterocycles. The van der Waals surface area contributed by atoms with Crippen molar-refractivity contribution < 1.29 is 9.53 Å². The molecule has 1 aliphatic heterocycles. The molecule has 1 aliphatic carbocycles. The average Bonchev–Trinajstić information content (AvgIpc) is 2.76. The molecule has 0 spiro atoms. The summed E-state index contributed by atoms with van der Waals surface area (Å²) in [5.41, 5.74) is 2.46. The highest BCUT2D eigenvalue weighted by Crippen LogP contribution is 2.28. The second kappa shape index (κ2) is 9.01. The lowest BCUT2D eigenvalue weighted by Gasteiger charge is -2.30. The predicted molar refractivity (Wildman–Crippen MR) is 109 cm³/mol. The fraction of sp³-hybridized carbons (Fsp3) is 0.476. The number of amides is 1. The number of rotatable bonds is 5. The second-order valence-corrected chi connectivity index (χ2v) is 7.34. The highest BCUT2D eigenvalue weighted by molar-refractivity contribution is 5.93. The van der Waals surface area contributed by atoms with E-state index in [-0.39, 0.29) is 11.9 Å². The Kier molecular flexibility index (Phi) is 6.01. The number of carbonyl (C=O) groups is 1. The first kappa shape index (κ1) is 18.7. The van der Waals surface area contributed by atoms with Gasteiger partial charge in [-0.25, -0.2) is 9.97 Å². The lowest BCUT2D eigenvalue weighted by Crippen LogP contribution is -2.36. The van der Waals surface area contributed by atoms with E-state index in [1.54, 1.807) is 6.07 Å². The zero-order valence-electron chi connectivity index (χ0n) is 16.1. The number of para-hydroxylation sites is 2. The van der Waals surface area contributed by atoms with E-state index >= 15 is 0 Å². The van der Waals surface area contributed by atoms with Crippen molar-refractivity contribution in [3.05, 3.63) is 42.4 Å². The van der Waals surface area contributed by atoms with Gasteiger partial charge in [-0.1, -0.05) is 31.4 Å². The van der Waals surface area contributed by atoms with Gasteiger partial charge in [-0.05, 0) is 25.0 Å². The zero-order valence-corrected chi connectivity index (χ0v) is 16.1. The molecule has 2 N–H and O–H groups in total. The Morgan fingerprint density at radius 3 is 2.68 bits per heavy atom. The molecule has 1 aromatic heterocycles. The Hall–Kier alpha value is -2.67. The number of ether oxygens (including phenoxy) is 1. The van der Waals surface area contributed by atoms with Gasteiger partial charge in [0, 0.05) is 25.2 Å². The Bertz CT molecular complexity index is 801. The van der Waals surface area contributed by atoms with Crippen molar-refractivity contribution in [3.63, 3.8) is 0 Å². The molecule has 7 heteroatoms. The maximum Gasteiger partial charge on any atom is 0.270 e. The average molecular weight is 381 g/mol. The smallest absolute Gasteiger partial charge is 0.270 e. The summed E-state index contributed by atoms with van der Waals surface area (Å²) in [4.78, 5) is 23.3. The van der Waals surface area contributed by atoms with E-state index < -0.39 is 0 Å². The van der Waals surface area contributed by atoms with E-state index in [1.165, 1.54) is 25.6 Å². The van der Waals surface area contributed by atoms with Gasteiger partial charge in [0.1, 0.15) is 17.8 Å². The molecule has 0 radical (unpaired) electrons. The van der Waals surface area contributed by atoms with Gasteiger partial charge in [0.05, 0.1) is 24.6 Å². The van der Waals surface area contributed by atoms with E-state index in [2.05, 4.69) is 31.6 Å². The van der Waals surface area contributed by atoms with E-state index in [0.717, 1.165) is 50.5 Å². The molecule has 0 unspecified atom stereocenters. The van der Waals surface area contributed by atoms with Crippen LogP contribution in [0.1, 0.15) is 42.6 Å². The molecule has 1 amide bonds. The van der Waals surface area contributed by atoms with Crippen LogP contribution in [0.15, 0.2) is 36.7 Å². The number of aromatic nitrogens is 2. The van der Waals surface area contributed by atoms with Crippen LogP contribution in [-0.2, 0) is 4.74 Å². The summed E-state index contributed by atoms with van der Waals surface area (Å²) in [6.07, 6.45) is 7.16. The number of anilines is 3. The monoisotopic (exact) mass is 381 g/mol. The van der Waals surface area contributed by atoms with E-state index in [1.807, 2.05) is 18.2 Å². The van der Waals surface area contributed by atoms with Gasteiger partial charge in [-0.3, -0.25) is 4.79 Å². The molecule has 0 atom stereocenters. The predicted octanol–water partition coefficient (Wildman–Crippen LogP) is 3.12. The molecule has 1 saturated carbocycles. The molecular weight excluding hydrogens is 354 g/mol. The summed E-state index contributed by atoms with van der Waals surface area (Å²) < 4.78 is 5.46. The minimum atomic E-state index is -0.126. The molecule has 2 aromatic rings. The zero-order chi connectivity index (χ0) is 19.2. The van der Waals surface area contributed by atoms with Gasteiger partial charge >= 0.3 is 0 Å². The highest BCUT2D eigenvalue weighted by Gasteiger charge is 2.18. The summed E-state index contributed by atoms with van der Waals surface area (Å²) in [6, 6.07) is 10.1. The van der Waals surface area contributed by atoms with Crippen molar-refractivity contribution in [2.75, 3.05) is 36.5 Å². The van der Waals surface area contributed by atoms with Crippen molar-refractivity contribution in [2.24, 2.45) is 0 Å². The number of morpholine rings is 1. The van der Waals surface area contributed by atoms with Crippen LogP contribution in [0.2, 0.25) is 0 Å². The fourth-order valence-corrected chi connectivity index (χ4v) is 3.85. The molecule has 1 saturated heterocycles. The third-order valence-electron chi connectivity index (χ3n) is 5.36. The molecule has 4 rings (SSSR count). The van der Waals surface area contributed by atoms with Crippen LogP contribution in [0.3, 0.4) is 0 Å². The highest BCUT2D eigenvalue weighted by atomic mass is 16.5. The second-order valence-electron chi connectivity index (χ2n) is 7.34. The molecule has 28 heavy (non-hydrogen) atoms. The van der Waals surface area contributed by atoms with Crippen LogP contribution in [0, 0.1) is 0 Å². The fourth-order valence-electron chi connectivity index (χ4n) is 3.85. The standard InChI is InChI=1S/C21H27N5O2/c27-21(24-16-6-2-1-3-7-16)18-14-20(23-15-22-18)25-17-8-4-5-9-19(17)26-10-12-28-13-11-26/h4-5,8-9,14-16H,1-3,6-7,10-13H2,(H,24,27)(H,22,23,25). The van der Waals surface area contributed by atoms with E-state index in [0.29, 0.717) is 11.5 Å². The maximum atomic E-state index is 12.6. The summed E-state index contributed by atoms with van der Waals surface area (Å²) in [7, 11) is 0. The van der Waals surface area contributed by atoms with Crippen molar-refractivity contribution in [1.82, 2.24) is 15.3 Å². The van der Waals surface area contributed by atoms with E-state index in [9.17, 15) is 4.79 Å². The Morgan fingerprint density at radius 2 is 1.86 bits per heavy atom. The van der Waals surface area contributed by atoms with Gasteiger partial charge < -0.3 is 20.3 Å². The number of hydrogen-bond donors (Lipinski definition) is 2.